The molecule has 2 saturated heterocycles. The number of nitrogens with two attached hydrogens (primary N) is 1. The molecule has 2 aliphatic heterocycles. The van der Waals surface area contributed by atoms with Gasteiger partial charge in [-0.2, -0.15) is 11.8 Å². The second kappa shape index (κ2) is 6.54. The molecular formula is C12H24N2O3S. The maximum absolute atomic E-state index is 6.03. The van der Waals surface area contributed by atoms with Crippen molar-refractivity contribution in [2.75, 3.05) is 32.3 Å². The highest BCUT2D eigenvalue weighted by atomic mass is 32.2. The van der Waals surface area contributed by atoms with Gasteiger partial charge in [-0.15, -0.1) is 0 Å². The number of thioether (sulfide) groups is 1. The maximum Gasteiger partial charge on any atom is 0.173 e. The molecule has 5 nitrogen and oxygen atoms in total. The lowest BCUT2D eigenvalue weighted by atomic mass is 9.81. The topological polar surface area (TPSA) is 65.7 Å². The average molecular weight is 276 g/mol. The van der Waals surface area contributed by atoms with Crippen LogP contribution in [0.1, 0.15) is 19.3 Å². The van der Waals surface area contributed by atoms with E-state index in [2.05, 4.69) is 5.43 Å². The molecule has 18 heavy (non-hydrogen) atoms. The van der Waals surface area contributed by atoms with Gasteiger partial charge in [-0.05, 0) is 30.9 Å². The van der Waals surface area contributed by atoms with Crippen LogP contribution in [0.5, 0.6) is 0 Å². The molecule has 0 bridgehead atoms. The summed E-state index contributed by atoms with van der Waals surface area (Å²) in [5.41, 5.74) is 2.93. The van der Waals surface area contributed by atoms with Crippen LogP contribution in [0.15, 0.2) is 0 Å². The smallest absolute Gasteiger partial charge is 0.173 e. The molecule has 2 fully saturated rings. The molecule has 106 valence electrons. The van der Waals surface area contributed by atoms with E-state index in [-0.39, 0.29) is 17.9 Å². The van der Waals surface area contributed by atoms with Gasteiger partial charge in [0.05, 0.1) is 11.6 Å². The molecule has 3 N–H and O–H groups in total. The van der Waals surface area contributed by atoms with Crippen molar-refractivity contribution in [1.29, 1.82) is 0 Å². The fourth-order valence-corrected chi connectivity index (χ4v) is 4.44. The zero-order valence-corrected chi connectivity index (χ0v) is 12.0. The van der Waals surface area contributed by atoms with Gasteiger partial charge in [-0.1, -0.05) is 0 Å². The highest BCUT2D eigenvalue weighted by Gasteiger charge is 2.44. The molecule has 0 saturated carbocycles. The van der Waals surface area contributed by atoms with Gasteiger partial charge in [-0.3, -0.25) is 11.3 Å². The Kier molecular flexibility index (Phi) is 5.29. The summed E-state index contributed by atoms with van der Waals surface area (Å²) in [5, 5.41) is 0. The molecule has 0 aliphatic carbocycles. The van der Waals surface area contributed by atoms with Crippen LogP contribution < -0.4 is 11.3 Å². The fraction of sp³-hybridized carbons (Fsp3) is 1.00. The lowest BCUT2D eigenvalue weighted by Gasteiger charge is -2.42. The maximum atomic E-state index is 6.03. The van der Waals surface area contributed by atoms with Crippen molar-refractivity contribution >= 4 is 11.8 Å². The molecule has 0 aromatic carbocycles. The zero-order chi connectivity index (χ0) is 13.0. The monoisotopic (exact) mass is 276 g/mol. The number of methoxy groups -OCH3 is 2. The minimum atomic E-state index is -0.302. The number of hydrazine groups is 1. The largest absolute Gasteiger partial charge is 0.374 e. The highest BCUT2D eigenvalue weighted by Crippen LogP contribution is 2.41. The van der Waals surface area contributed by atoms with Crippen LogP contribution in [0, 0.1) is 5.92 Å². The molecule has 0 amide bonds. The Morgan fingerprint density at radius 1 is 1.44 bits per heavy atom. The van der Waals surface area contributed by atoms with E-state index >= 15 is 0 Å². The van der Waals surface area contributed by atoms with E-state index in [9.17, 15) is 0 Å². The van der Waals surface area contributed by atoms with Gasteiger partial charge < -0.3 is 14.2 Å². The van der Waals surface area contributed by atoms with Crippen LogP contribution in [0.2, 0.25) is 0 Å². The lowest BCUT2D eigenvalue weighted by Crippen LogP contribution is -2.54. The minimum Gasteiger partial charge on any atom is -0.374 e. The van der Waals surface area contributed by atoms with E-state index in [0.717, 1.165) is 31.6 Å². The van der Waals surface area contributed by atoms with Crippen LogP contribution in [-0.2, 0) is 14.2 Å². The van der Waals surface area contributed by atoms with Crippen LogP contribution in [0.4, 0.5) is 0 Å². The Bertz CT molecular complexity index is 258. The third kappa shape index (κ3) is 3.00. The van der Waals surface area contributed by atoms with Gasteiger partial charge in [0.15, 0.2) is 6.29 Å². The summed E-state index contributed by atoms with van der Waals surface area (Å²) in [4.78, 5) is 0. The number of hydrogen-bond acceptors (Lipinski definition) is 6. The number of ether oxygens (including phenoxy) is 3. The van der Waals surface area contributed by atoms with Crippen LogP contribution >= 0.6 is 11.8 Å². The molecule has 6 heteroatoms. The number of rotatable bonds is 5. The molecule has 3 atom stereocenters. The van der Waals surface area contributed by atoms with Gasteiger partial charge in [0.25, 0.3) is 0 Å². The van der Waals surface area contributed by atoms with Crippen LogP contribution in [0.25, 0.3) is 0 Å². The normalized spacial score (nSPS) is 34.3. The lowest BCUT2D eigenvalue weighted by molar-refractivity contribution is -0.154. The Balaban J connectivity index is 2.01. The predicted molar refractivity (Wildman–Crippen MR) is 72.3 cm³/mol. The molecule has 2 aliphatic rings. The SMILES string of the molecule is COC(OC)C(NN)C1CCOC2(CCSC2)C1. The highest BCUT2D eigenvalue weighted by molar-refractivity contribution is 7.99. The van der Waals surface area contributed by atoms with Crippen molar-refractivity contribution in [1.82, 2.24) is 5.43 Å². The molecule has 2 heterocycles. The molecule has 1 spiro atoms. The summed E-state index contributed by atoms with van der Waals surface area (Å²) in [6.07, 6.45) is 2.89. The minimum absolute atomic E-state index is 0.0198. The van der Waals surface area contributed by atoms with Gasteiger partial charge in [-0.25, -0.2) is 0 Å². The molecular weight excluding hydrogens is 252 g/mol. The quantitative estimate of drug-likeness (QED) is 0.439. The van der Waals surface area contributed by atoms with Crippen molar-refractivity contribution < 1.29 is 14.2 Å². The van der Waals surface area contributed by atoms with Crippen LogP contribution in [-0.4, -0.2) is 50.3 Å². The number of nitrogens with one attached hydrogen (secondary N) is 1. The second-order valence-corrected chi connectivity index (χ2v) is 6.22. The van der Waals surface area contributed by atoms with Crippen LogP contribution in [0.3, 0.4) is 0 Å². The Labute approximate surface area is 113 Å². The molecule has 0 aromatic heterocycles. The first kappa shape index (κ1) is 14.6. The van der Waals surface area contributed by atoms with E-state index in [1.807, 2.05) is 11.8 Å². The Morgan fingerprint density at radius 3 is 2.78 bits per heavy atom. The van der Waals surface area contributed by atoms with Crippen molar-refractivity contribution in [3.8, 4) is 0 Å². The van der Waals surface area contributed by atoms with E-state index in [1.54, 1.807) is 14.2 Å². The van der Waals surface area contributed by atoms with Crippen molar-refractivity contribution in [3.63, 3.8) is 0 Å². The van der Waals surface area contributed by atoms with E-state index in [0.29, 0.717) is 5.92 Å². The summed E-state index contributed by atoms with van der Waals surface area (Å²) >= 11 is 1.98. The first-order valence-corrected chi connectivity index (χ1v) is 7.63. The molecule has 3 unspecified atom stereocenters. The number of hydrogen-bond donors (Lipinski definition) is 2. The van der Waals surface area contributed by atoms with E-state index in [1.165, 1.54) is 5.75 Å². The summed E-state index contributed by atoms with van der Waals surface area (Å²) in [7, 11) is 3.30. The average Bonchev–Trinajstić information content (AvgIpc) is 2.83. The fourth-order valence-electron chi connectivity index (χ4n) is 3.06. The third-order valence-corrected chi connectivity index (χ3v) is 5.28. The van der Waals surface area contributed by atoms with Gasteiger partial charge >= 0.3 is 0 Å². The van der Waals surface area contributed by atoms with Gasteiger partial charge in [0.1, 0.15) is 0 Å². The molecule has 0 radical (unpaired) electrons. The molecule has 0 aromatic rings. The Morgan fingerprint density at radius 2 is 2.22 bits per heavy atom. The standard InChI is InChI=1S/C12H24N2O3S/c1-15-11(16-2)10(14-13)9-3-5-17-12(7-9)4-6-18-8-12/h9-11,14H,3-8,13H2,1-2H3. The third-order valence-electron chi connectivity index (χ3n) is 4.06. The zero-order valence-electron chi connectivity index (χ0n) is 11.2. The summed E-state index contributed by atoms with van der Waals surface area (Å²) in [6.45, 7) is 0.809. The second-order valence-electron chi connectivity index (χ2n) is 5.12. The van der Waals surface area contributed by atoms with Crippen molar-refractivity contribution in [3.05, 3.63) is 0 Å². The summed E-state index contributed by atoms with van der Waals surface area (Å²) in [5.74, 6) is 8.43. The predicted octanol–water partition coefficient (Wildman–Crippen LogP) is 0.740. The van der Waals surface area contributed by atoms with E-state index in [4.69, 9.17) is 20.1 Å². The van der Waals surface area contributed by atoms with Gasteiger partial charge in [0.2, 0.25) is 0 Å². The summed E-state index contributed by atoms with van der Waals surface area (Å²) in [6, 6.07) is 0.0198. The first-order valence-electron chi connectivity index (χ1n) is 6.48. The summed E-state index contributed by atoms with van der Waals surface area (Å²) < 4.78 is 16.7. The van der Waals surface area contributed by atoms with Crippen molar-refractivity contribution in [2.45, 2.75) is 37.2 Å². The Hall–Kier alpha value is 0.150. The molecule has 2 rings (SSSR count). The van der Waals surface area contributed by atoms with Crippen molar-refractivity contribution in [2.24, 2.45) is 11.8 Å². The van der Waals surface area contributed by atoms with E-state index < -0.39 is 0 Å². The first-order chi connectivity index (χ1) is 8.74. The van der Waals surface area contributed by atoms with Gasteiger partial charge in [0, 0.05) is 26.6 Å².